The third-order valence-electron chi connectivity index (χ3n) is 4.13. The Morgan fingerprint density at radius 2 is 2.26 bits per heavy atom. The highest BCUT2D eigenvalue weighted by Crippen LogP contribution is 2.26. The molecule has 23 heavy (non-hydrogen) atoms. The molecule has 0 radical (unpaired) electrons. The fourth-order valence-corrected chi connectivity index (χ4v) is 4.41. The molecule has 0 aromatic carbocycles. The van der Waals surface area contributed by atoms with Gasteiger partial charge < -0.3 is 0 Å². The minimum Gasteiger partial charge on any atom is -0.290 e. The lowest BCUT2D eigenvalue weighted by Gasteiger charge is -2.34. The van der Waals surface area contributed by atoms with Crippen molar-refractivity contribution in [2.24, 2.45) is 0 Å². The van der Waals surface area contributed by atoms with Gasteiger partial charge >= 0.3 is 0 Å². The highest BCUT2D eigenvalue weighted by Gasteiger charge is 2.26. The number of thiophene rings is 1. The van der Waals surface area contributed by atoms with Crippen LogP contribution in [0.25, 0.3) is 0 Å². The summed E-state index contributed by atoms with van der Waals surface area (Å²) in [5.74, 6) is 0. The molecule has 1 aliphatic rings. The van der Waals surface area contributed by atoms with Crippen molar-refractivity contribution in [2.45, 2.75) is 32.5 Å². The van der Waals surface area contributed by atoms with E-state index in [0.29, 0.717) is 6.54 Å². The zero-order valence-electron chi connectivity index (χ0n) is 13.4. The van der Waals surface area contributed by atoms with Crippen LogP contribution in [-0.2, 0) is 23.1 Å². The summed E-state index contributed by atoms with van der Waals surface area (Å²) in [6.45, 7) is 5.29. The molecule has 0 saturated heterocycles. The zero-order valence-corrected chi connectivity index (χ0v) is 15.0. The van der Waals surface area contributed by atoms with Gasteiger partial charge in [0.25, 0.3) is 0 Å². The second kappa shape index (κ2) is 6.72. The topological polar surface area (TPSA) is 67.2 Å². The number of rotatable bonds is 6. The van der Waals surface area contributed by atoms with E-state index in [9.17, 15) is 8.42 Å². The van der Waals surface area contributed by atoms with Gasteiger partial charge in [0.05, 0.1) is 18.0 Å². The largest absolute Gasteiger partial charge is 0.290 e. The van der Waals surface area contributed by atoms with Crippen LogP contribution in [0.2, 0.25) is 0 Å². The highest BCUT2D eigenvalue weighted by atomic mass is 32.2. The second-order valence-corrected chi connectivity index (χ2v) is 8.91. The molecule has 1 N–H and O–H groups in total. The van der Waals surface area contributed by atoms with E-state index in [4.69, 9.17) is 0 Å². The predicted octanol–water partition coefficient (Wildman–Crippen LogP) is 1.75. The standard InChI is InChI=1S/C15H22N4O2S2/c1-12-5-8-22-15(12)11-18-9-13-3-6-16-19(13)14(10-18)4-7-17-23(2,20)21/h3,5-6,8,14,17H,4,7,9-11H2,1-2H3/t14-/m1/s1. The molecule has 0 aliphatic carbocycles. The summed E-state index contributed by atoms with van der Waals surface area (Å²) in [7, 11) is -3.14. The summed E-state index contributed by atoms with van der Waals surface area (Å²) in [5, 5.41) is 6.55. The molecule has 1 atom stereocenters. The molecule has 0 unspecified atom stereocenters. The SMILES string of the molecule is Cc1ccsc1CN1Cc2ccnn2[C@H](CCNS(C)(=O)=O)C1. The molecule has 2 aromatic heterocycles. The minimum absolute atomic E-state index is 0.197. The van der Waals surface area contributed by atoms with Crippen LogP contribution in [0, 0.1) is 6.92 Å². The smallest absolute Gasteiger partial charge is 0.208 e. The maximum absolute atomic E-state index is 11.2. The summed E-state index contributed by atoms with van der Waals surface area (Å²) < 4.78 is 27.1. The van der Waals surface area contributed by atoms with Crippen LogP contribution in [0.4, 0.5) is 0 Å². The van der Waals surface area contributed by atoms with Crippen molar-refractivity contribution in [3.8, 4) is 0 Å². The summed E-state index contributed by atoms with van der Waals surface area (Å²) >= 11 is 1.79. The van der Waals surface area contributed by atoms with Gasteiger partial charge in [-0.2, -0.15) is 5.10 Å². The molecule has 126 valence electrons. The van der Waals surface area contributed by atoms with Crippen molar-refractivity contribution in [1.82, 2.24) is 19.4 Å². The predicted molar refractivity (Wildman–Crippen MR) is 91.9 cm³/mol. The maximum atomic E-state index is 11.2. The fourth-order valence-electron chi connectivity index (χ4n) is 2.98. The van der Waals surface area contributed by atoms with Gasteiger partial charge in [-0.3, -0.25) is 9.58 Å². The first-order chi connectivity index (χ1) is 10.9. The van der Waals surface area contributed by atoms with Crippen molar-refractivity contribution in [3.05, 3.63) is 39.8 Å². The lowest BCUT2D eigenvalue weighted by molar-refractivity contribution is 0.163. The lowest BCUT2D eigenvalue weighted by Crippen LogP contribution is -2.38. The lowest BCUT2D eigenvalue weighted by atomic mass is 10.1. The quantitative estimate of drug-likeness (QED) is 0.858. The van der Waals surface area contributed by atoms with Gasteiger partial charge in [0.15, 0.2) is 0 Å². The average molecular weight is 355 g/mol. The highest BCUT2D eigenvalue weighted by molar-refractivity contribution is 7.88. The summed E-state index contributed by atoms with van der Waals surface area (Å²) in [4.78, 5) is 3.81. The molecule has 0 saturated carbocycles. The molecule has 2 aromatic rings. The molecule has 3 heterocycles. The van der Waals surface area contributed by atoms with E-state index in [1.807, 2.05) is 16.9 Å². The van der Waals surface area contributed by atoms with Crippen LogP contribution in [0.5, 0.6) is 0 Å². The molecule has 6 nitrogen and oxygen atoms in total. The molecule has 8 heteroatoms. The molecule has 1 aliphatic heterocycles. The van der Waals surface area contributed by atoms with E-state index in [1.54, 1.807) is 11.3 Å². The van der Waals surface area contributed by atoms with E-state index in [2.05, 4.69) is 33.1 Å². The molecule has 0 fully saturated rings. The number of sulfonamides is 1. The molecular weight excluding hydrogens is 332 g/mol. The van der Waals surface area contributed by atoms with E-state index in [1.165, 1.54) is 22.4 Å². The number of aryl methyl sites for hydroxylation is 1. The Hall–Kier alpha value is -1.22. The molecule has 0 amide bonds. The number of nitrogens with one attached hydrogen (secondary N) is 1. The van der Waals surface area contributed by atoms with Gasteiger partial charge in [-0.1, -0.05) is 0 Å². The van der Waals surface area contributed by atoms with Gasteiger partial charge in [0.2, 0.25) is 10.0 Å². The first-order valence-corrected chi connectivity index (χ1v) is 10.4. The van der Waals surface area contributed by atoms with Crippen LogP contribution in [0.1, 0.15) is 28.6 Å². The van der Waals surface area contributed by atoms with E-state index in [0.717, 1.165) is 26.1 Å². The van der Waals surface area contributed by atoms with Crippen molar-refractivity contribution in [2.75, 3.05) is 19.3 Å². The Morgan fingerprint density at radius 1 is 1.43 bits per heavy atom. The zero-order chi connectivity index (χ0) is 16.4. The Kier molecular flexibility index (Phi) is 4.86. The summed E-state index contributed by atoms with van der Waals surface area (Å²) in [6.07, 6.45) is 3.76. The van der Waals surface area contributed by atoms with Crippen LogP contribution in [0.15, 0.2) is 23.7 Å². The third-order valence-corrected chi connectivity index (χ3v) is 5.87. The van der Waals surface area contributed by atoms with Crippen molar-refractivity contribution >= 4 is 21.4 Å². The van der Waals surface area contributed by atoms with E-state index < -0.39 is 10.0 Å². The summed E-state index contributed by atoms with van der Waals surface area (Å²) in [5.41, 5.74) is 2.53. The van der Waals surface area contributed by atoms with Gasteiger partial charge in [0.1, 0.15) is 0 Å². The van der Waals surface area contributed by atoms with Gasteiger partial charge in [-0.25, -0.2) is 13.1 Å². The third kappa shape index (κ3) is 4.20. The average Bonchev–Trinajstić information content (AvgIpc) is 3.07. The van der Waals surface area contributed by atoms with Crippen molar-refractivity contribution in [1.29, 1.82) is 0 Å². The number of nitrogens with zero attached hydrogens (tertiary/aromatic N) is 3. The van der Waals surface area contributed by atoms with Crippen LogP contribution >= 0.6 is 11.3 Å². The molecule has 3 rings (SSSR count). The van der Waals surface area contributed by atoms with Gasteiger partial charge in [0, 0.05) is 37.3 Å². The number of hydrogen-bond donors (Lipinski definition) is 1. The first-order valence-electron chi connectivity index (χ1n) is 7.65. The van der Waals surface area contributed by atoms with E-state index >= 15 is 0 Å². The van der Waals surface area contributed by atoms with Crippen molar-refractivity contribution in [3.63, 3.8) is 0 Å². The molecule has 0 spiro atoms. The number of fused-ring (bicyclic) bond motifs is 1. The van der Waals surface area contributed by atoms with Crippen LogP contribution in [0.3, 0.4) is 0 Å². The number of hydrogen-bond acceptors (Lipinski definition) is 5. The van der Waals surface area contributed by atoms with Crippen molar-refractivity contribution < 1.29 is 8.42 Å². The Bertz CT molecular complexity index is 766. The van der Waals surface area contributed by atoms with Gasteiger partial charge in [-0.05, 0) is 36.4 Å². The normalized spacial score (nSPS) is 19.0. The monoisotopic (exact) mass is 354 g/mol. The van der Waals surface area contributed by atoms with Crippen LogP contribution in [-0.4, -0.2) is 42.4 Å². The fraction of sp³-hybridized carbons (Fsp3) is 0.533. The Balaban J connectivity index is 1.68. The van der Waals surface area contributed by atoms with Gasteiger partial charge in [-0.15, -0.1) is 11.3 Å². The Labute approximate surface area is 141 Å². The summed E-state index contributed by atoms with van der Waals surface area (Å²) in [6, 6.07) is 4.40. The number of aromatic nitrogens is 2. The second-order valence-electron chi connectivity index (χ2n) is 6.07. The molecular formula is C15H22N4O2S2. The first kappa shape index (κ1) is 16.6. The molecule has 0 bridgehead atoms. The maximum Gasteiger partial charge on any atom is 0.208 e. The Morgan fingerprint density at radius 3 is 2.96 bits per heavy atom. The van der Waals surface area contributed by atoms with Crippen LogP contribution < -0.4 is 4.72 Å². The van der Waals surface area contributed by atoms with E-state index in [-0.39, 0.29) is 6.04 Å². The minimum atomic E-state index is -3.14.